The first-order chi connectivity index (χ1) is 14.5. The maximum atomic E-state index is 13.2. The molecule has 0 spiro atoms. The summed E-state index contributed by atoms with van der Waals surface area (Å²) in [6, 6.07) is 18.3. The fraction of sp³-hybridized carbons (Fsp3) is 0.0435. The first-order valence-corrected chi connectivity index (χ1v) is 9.70. The predicted octanol–water partition coefficient (Wildman–Crippen LogP) is 6.23. The molecule has 7 heteroatoms. The fourth-order valence-electron chi connectivity index (χ4n) is 3.08. The molecule has 0 radical (unpaired) electrons. The van der Waals surface area contributed by atoms with Crippen LogP contribution in [0.4, 0.5) is 5.69 Å². The number of anilines is 1. The van der Waals surface area contributed by atoms with Gasteiger partial charge in [-0.25, -0.2) is 0 Å². The molecule has 4 aromatic rings. The number of ether oxygens (including phenoxy) is 1. The van der Waals surface area contributed by atoms with Crippen molar-refractivity contribution in [1.29, 1.82) is 0 Å². The Hall–Kier alpha value is -3.28. The van der Waals surface area contributed by atoms with Crippen LogP contribution in [0.15, 0.2) is 71.1 Å². The lowest BCUT2D eigenvalue weighted by Gasteiger charge is -2.08. The van der Waals surface area contributed by atoms with Gasteiger partial charge in [-0.05, 0) is 42.5 Å². The van der Waals surface area contributed by atoms with Crippen molar-refractivity contribution in [3.63, 3.8) is 0 Å². The number of carbonyl (C=O) groups is 2. The molecule has 5 nitrogen and oxygen atoms in total. The van der Waals surface area contributed by atoms with Gasteiger partial charge in [-0.1, -0.05) is 47.5 Å². The lowest BCUT2D eigenvalue weighted by atomic mass is 10.1. The third kappa shape index (κ3) is 3.77. The minimum absolute atomic E-state index is 0.0166. The number of furan rings is 1. The van der Waals surface area contributed by atoms with Gasteiger partial charge in [0.15, 0.2) is 5.76 Å². The van der Waals surface area contributed by atoms with E-state index in [4.69, 9.17) is 32.4 Å². The van der Waals surface area contributed by atoms with Crippen molar-refractivity contribution in [3.8, 4) is 5.75 Å². The smallest absolute Gasteiger partial charge is 0.257 e. The van der Waals surface area contributed by atoms with E-state index in [1.54, 1.807) is 54.6 Å². The molecule has 0 unspecified atom stereocenters. The summed E-state index contributed by atoms with van der Waals surface area (Å²) in [7, 11) is 1.52. The third-order valence-electron chi connectivity index (χ3n) is 4.55. The second-order valence-electron chi connectivity index (χ2n) is 6.44. The first-order valence-electron chi connectivity index (χ1n) is 8.94. The molecule has 1 heterocycles. The van der Waals surface area contributed by atoms with E-state index in [-0.39, 0.29) is 27.8 Å². The highest BCUT2D eigenvalue weighted by Crippen LogP contribution is 2.34. The van der Waals surface area contributed by atoms with Crippen molar-refractivity contribution in [2.75, 3.05) is 12.4 Å². The van der Waals surface area contributed by atoms with Crippen molar-refractivity contribution in [3.05, 3.63) is 93.7 Å². The molecule has 3 aromatic carbocycles. The molecule has 0 saturated carbocycles. The number of amides is 1. The van der Waals surface area contributed by atoms with Crippen molar-refractivity contribution in [2.24, 2.45) is 0 Å². The van der Waals surface area contributed by atoms with E-state index in [0.29, 0.717) is 27.3 Å². The summed E-state index contributed by atoms with van der Waals surface area (Å²) in [5, 5.41) is 3.99. The summed E-state index contributed by atoms with van der Waals surface area (Å²) in [6.07, 6.45) is 0. The standard InChI is InChI=1S/C23H15Cl2NO4/c1-29-15-6-4-5-13(11-15)21(27)22-20(17-7-2-3-8-19(17)30-22)26-23(28)16-10-9-14(24)12-18(16)25/h2-12H,1H3,(H,26,28). The molecule has 30 heavy (non-hydrogen) atoms. The quantitative estimate of drug-likeness (QED) is 0.374. The molecule has 150 valence electrons. The molecule has 0 aliphatic rings. The number of nitrogens with one attached hydrogen (secondary N) is 1. The third-order valence-corrected chi connectivity index (χ3v) is 5.10. The number of fused-ring (bicyclic) bond motifs is 1. The number of para-hydroxylation sites is 1. The number of hydrogen-bond donors (Lipinski definition) is 1. The van der Waals surface area contributed by atoms with E-state index in [1.807, 2.05) is 0 Å². The zero-order chi connectivity index (χ0) is 21.3. The number of halogens is 2. The summed E-state index contributed by atoms with van der Waals surface area (Å²) in [4.78, 5) is 26.1. The van der Waals surface area contributed by atoms with Gasteiger partial charge in [0.1, 0.15) is 11.3 Å². The van der Waals surface area contributed by atoms with Crippen molar-refractivity contribution < 1.29 is 18.7 Å². The first kappa shape index (κ1) is 20.0. The van der Waals surface area contributed by atoms with E-state index in [9.17, 15) is 9.59 Å². The van der Waals surface area contributed by atoms with Crippen LogP contribution in [0.1, 0.15) is 26.5 Å². The van der Waals surface area contributed by atoms with Gasteiger partial charge in [0.25, 0.3) is 5.91 Å². The summed E-state index contributed by atoms with van der Waals surface area (Å²) in [5.74, 6) is -0.316. The van der Waals surface area contributed by atoms with E-state index in [0.717, 1.165) is 0 Å². The second-order valence-corrected chi connectivity index (χ2v) is 7.29. The number of methoxy groups -OCH3 is 1. The van der Waals surface area contributed by atoms with E-state index < -0.39 is 5.91 Å². The lowest BCUT2D eigenvalue weighted by molar-refractivity contribution is 0.101. The molecule has 0 fully saturated rings. The van der Waals surface area contributed by atoms with Gasteiger partial charge >= 0.3 is 0 Å². The van der Waals surface area contributed by atoms with Crippen LogP contribution in [0, 0.1) is 0 Å². The maximum absolute atomic E-state index is 13.2. The number of hydrogen-bond acceptors (Lipinski definition) is 4. The van der Waals surface area contributed by atoms with Crippen molar-refractivity contribution in [1.82, 2.24) is 0 Å². The molecule has 1 amide bonds. The molecular weight excluding hydrogens is 425 g/mol. The summed E-state index contributed by atoms with van der Waals surface area (Å²) in [6.45, 7) is 0. The average Bonchev–Trinajstić information content (AvgIpc) is 3.11. The SMILES string of the molecule is COc1cccc(C(=O)c2oc3ccccc3c2NC(=O)c2ccc(Cl)cc2Cl)c1. The highest BCUT2D eigenvalue weighted by Gasteiger charge is 2.24. The topological polar surface area (TPSA) is 68.5 Å². The Bertz CT molecular complexity index is 1280. The molecule has 1 N–H and O–H groups in total. The normalized spacial score (nSPS) is 10.8. The van der Waals surface area contributed by atoms with Crippen LogP contribution < -0.4 is 10.1 Å². The Morgan fingerprint density at radius 1 is 0.967 bits per heavy atom. The Morgan fingerprint density at radius 2 is 1.77 bits per heavy atom. The minimum atomic E-state index is -0.483. The highest BCUT2D eigenvalue weighted by atomic mass is 35.5. The number of carbonyl (C=O) groups excluding carboxylic acids is 2. The van der Waals surface area contributed by atoms with Crippen LogP contribution in [-0.4, -0.2) is 18.8 Å². The predicted molar refractivity (Wildman–Crippen MR) is 117 cm³/mol. The van der Waals surface area contributed by atoms with Gasteiger partial charge in [-0.3, -0.25) is 9.59 Å². The molecule has 0 aliphatic carbocycles. The van der Waals surface area contributed by atoms with E-state index in [1.165, 1.54) is 19.2 Å². The Balaban J connectivity index is 1.79. The van der Waals surface area contributed by atoms with Crippen LogP contribution in [-0.2, 0) is 0 Å². The molecule has 1 aromatic heterocycles. The zero-order valence-corrected chi connectivity index (χ0v) is 17.3. The largest absolute Gasteiger partial charge is 0.497 e. The maximum Gasteiger partial charge on any atom is 0.257 e. The molecule has 0 aliphatic heterocycles. The van der Waals surface area contributed by atoms with Crippen LogP contribution in [0.2, 0.25) is 10.0 Å². The number of benzene rings is 3. The van der Waals surface area contributed by atoms with E-state index >= 15 is 0 Å². The van der Waals surface area contributed by atoms with Gasteiger partial charge in [0.2, 0.25) is 5.78 Å². The lowest BCUT2D eigenvalue weighted by Crippen LogP contribution is -2.15. The molecule has 0 atom stereocenters. The number of rotatable bonds is 5. The highest BCUT2D eigenvalue weighted by molar-refractivity contribution is 6.37. The Kier molecular flexibility index (Phi) is 5.48. The van der Waals surface area contributed by atoms with Crippen molar-refractivity contribution in [2.45, 2.75) is 0 Å². The van der Waals surface area contributed by atoms with E-state index in [2.05, 4.69) is 5.32 Å². The van der Waals surface area contributed by atoms with Crippen LogP contribution in [0.3, 0.4) is 0 Å². The monoisotopic (exact) mass is 439 g/mol. The Morgan fingerprint density at radius 3 is 2.53 bits per heavy atom. The Labute approximate surface area is 182 Å². The van der Waals surface area contributed by atoms with Gasteiger partial charge in [-0.2, -0.15) is 0 Å². The molecule has 0 saturated heterocycles. The number of ketones is 1. The van der Waals surface area contributed by atoms with Gasteiger partial charge in [0, 0.05) is 16.0 Å². The zero-order valence-electron chi connectivity index (χ0n) is 15.7. The second kappa shape index (κ2) is 8.22. The minimum Gasteiger partial charge on any atom is -0.497 e. The van der Waals surface area contributed by atoms with Gasteiger partial charge in [0.05, 0.1) is 23.4 Å². The van der Waals surface area contributed by atoms with Gasteiger partial charge in [-0.15, -0.1) is 0 Å². The fourth-order valence-corrected chi connectivity index (χ4v) is 3.57. The summed E-state index contributed by atoms with van der Waals surface area (Å²) >= 11 is 12.1. The summed E-state index contributed by atoms with van der Waals surface area (Å²) in [5.41, 5.74) is 1.34. The van der Waals surface area contributed by atoms with Crippen molar-refractivity contribution >= 4 is 51.5 Å². The summed E-state index contributed by atoms with van der Waals surface area (Å²) < 4.78 is 11.0. The van der Waals surface area contributed by atoms with Crippen LogP contribution in [0.5, 0.6) is 5.75 Å². The van der Waals surface area contributed by atoms with Crippen LogP contribution in [0.25, 0.3) is 11.0 Å². The van der Waals surface area contributed by atoms with Gasteiger partial charge < -0.3 is 14.5 Å². The molecular formula is C23H15Cl2NO4. The van der Waals surface area contributed by atoms with Crippen LogP contribution >= 0.6 is 23.2 Å². The molecule has 4 rings (SSSR count). The molecule has 0 bridgehead atoms. The average molecular weight is 440 g/mol.